The fraction of sp³-hybridized carbons (Fsp3) is 0.0667. The molecule has 0 fully saturated rings. The van der Waals surface area contributed by atoms with Crippen LogP contribution < -0.4 is 32.0 Å². The minimum Gasteiger partial charge on any atom is -0.249 e. The second-order valence-electron chi connectivity index (χ2n) is 12.0. The second-order valence-corrected chi connectivity index (χ2v) is 16.4. The van der Waals surface area contributed by atoms with E-state index in [1.54, 1.807) is 0 Å². The molecule has 1 aromatic heterocycles. The summed E-state index contributed by atoms with van der Waals surface area (Å²) in [6.07, 6.45) is 0. The van der Waals surface area contributed by atoms with E-state index in [-0.39, 0.29) is 23.1 Å². The Hall–Kier alpha value is -4.68. The van der Waals surface area contributed by atoms with Gasteiger partial charge in [-0.2, -0.15) is 35.9 Å². The van der Waals surface area contributed by atoms with Gasteiger partial charge in [0.1, 0.15) is 5.69 Å². The van der Waals surface area contributed by atoms with Gasteiger partial charge in [-0.15, -0.1) is 10.4 Å². The van der Waals surface area contributed by atoms with Gasteiger partial charge in [0.25, 0.3) is 0 Å². The molecule has 1 heterocycles. The first-order chi connectivity index (χ1) is 24.7. The predicted molar refractivity (Wildman–Crippen MR) is 215 cm³/mol. The standard InChI is InChI=1S/C40H34N3P2.C5H5.Fe/c1-30-18-15-16-27-36(30)39-40(45(34-23-11-5-12-24-34)35-25-13-6-14-26-35)43(42-41-39)31(2)37-28-17-29-38(37)44(32-19-7-3-8-20-32)33-21-9-4-10-22-33;1-2-4-5-3-1;/h3-29,31H,1-2H3;1-5H;/q2*-1;+2/t31-;;/m0../s1. The Labute approximate surface area is 314 Å². The summed E-state index contributed by atoms with van der Waals surface area (Å²) in [5.74, 6) is 0. The molecule has 0 aliphatic heterocycles. The van der Waals surface area contributed by atoms with Gasteiger partial charge in [0, 0.05) is 19.5 Å². The van der Waals surface area contributed by atoms with Crippen molar-refractivity contribution < 1.29 is 17.1 Å². The fourth-order valence-electron chi connectivity index (χ4n) is 6.33. The predicted octanol–water partition coefficient (Wildman–Crippen LogP) is 8.50. The van der Waals surface area contributed by atoms with Crippen molar-refractivity contribution in [2.45, 2.75) is 19.9 Å². The summed E-state index contributed by atoms with van der Waals surface area (Å²) in [5.41, 5.74) is 5.73. The Morgan fingerprint density at radius 2 is 1.02 bits per heavy atom. The van der Waals surface area contributed by atoms with Crippen molar-refractivity contribution in [2.75, 3.05) is 0 Å². The van der Waals surface area contributed by atoms with E-state index >= 15 is 0 Å². The van der Waals surface area contributed by atoms with Crippen LogP contribution in [0, 0.1) is 6.92 Å². The van der Waals surface area contributed by atoms with Gasteiger partial charge in [0.05, 0.1) is 5.44 Å². The molecule has 0 aliphatic carbocycles. The number of rotatable bonds is 9. The summed E-state index contributed by atoms with van der Waals surface area (Å²) in [6.45, 7) is 4.45. The third-order valence-electron chi connectivity index (χ3n) is 8.78. The Balaban J connectivity index is 0.000000689. The molecular weight excluding hydrogens is 700 g/mol. The van der Waals surface area contributed by atoms with E-state index in [9.17, 15) is 0 Å². The third-order valence-corrected chi connectivity index (χ3v) is 13.8. The van der Waals surface area contributed by atoms with E-state index in [2.05, 4.69) is 182 Å². The Bertz CT molecular complexity index is 2100. The fourth-order valence-corrected chi connectivity index (χ4v) is 11.4. The van der Waals surface area contributed by atoms with Crippen LogP contribution in [0.4, 0.5) is 0 Å². The summed E-state index contributed by atoms with van der Waals surface area (Å²) >= 11 is 0. The molecule has 8 rings (SSSR count). The number of aryl methyl sites for hydroxylation is 1. The molecule has 0 bridgehead atoms. The molecule has 3 nitrogen and oxygen atoms in total. The van der Waals surface area contributed by atoms with Crippen LogP contribution in [-0.2, 0) is 17.1 Å². The summed E-state index contributed by atoms with van der Waals surface area (Å²) in [6, 6.07) is 68.9. The average Bonchev–Trinajstić information content (AvgIpc) is 3.99. The number of aromatic nitrogens is 3. The molecule has 0 N–H and O–H groups in total. The van der Waals surface area contributed by atoms with Gasteiger partial charge < -0.3 is 0 Å². The first kappa shape index (κ1) is 36.1. The molecule has 6 heteroatoms. The normalized spacial score (nSPS) is 11.5. The number of hydrogen-bond acceptors (Lipinski definition) is 2. The molecule has 0 unspecified atom stereocenters. The van der Waals surface area contributed by atoms with Crippen molar-refractivity contribution in [1.82, 2.24) is 15.0 Å². The van der Waals surface area contributed by atoms with Crippen molar-refractivity contribution in [1.29, 1.82) is 0 Å². The molecule has 0 amide bonds. The van der Waals surface area contributed by atoms with Crippen LogP contribution in [0.25, 0.3) is 11.3 Å². The average molecular weight is 740 g/mol. The molecule has 1 atom stereocenters. The minimum absolute atomic E-state index is 0. The summed E-state index contributed by atoms with van der Waals surface area (Å²) in [5, 5.41) is 16.6. The van der Waals surface area contributed by atoms with Crippen molar-refractivity contribution in [3.8, 4) is 11.3 Å². The molecular formula is C45H39FeN3P2. The molecule has 8 aromatic rings. The van der Waals surface area contributed by atoms with Crippen LogP contribution in [0.2, 0.25) is 0 Å². The summed E-state index contributed by atoms with van der Waals surface area (Å²) < 4.78 is 2.22. The van der Waals surface area contributed by atoms with E-state index < -0.39 is 15.8 Å². The van der Waals surface area contributed by atoms with Gasteiger partial charge in [-0.05, 0) is 41.6 Å². The topological polar surface area (TPSA) is 30.7 Å². The van der Waals surface area contributed by atoms with E-state index in [0.29, 0.717) is 0 Å². The molecule has 252 valence electrons. The van der Waals surface area contributed by atoms with E-state index in [0.717, 1.165) is 11.3 Å². The van der Waals surface area contributed by atoms with Crippen LogP contribution in [0.1, 0.15) is 24.1 Å². The van der Waals surface area contributed by atoms with Crippen LogP contribution in [0.5, 0.6) is 0 Å². The monoisotopic (exact) mass is 739 g/mol. The van der Waals surface area contributed by atoms with Gasteiger partial charge >= 0.3 is 17.1 Å². The molecule has 0 saturated carbocycles. The molecule has 51 heavy (non-hydrogen) atoms. The zero-order chi connectivity index (χ0) is 34.1. The van der Waals surface area contributed by atoms with Crippen LogP contribution >= 0.6 is 15.8 Å². The van der Waals surface area contributed by atoms with Gasteiger partial charge in [0.2, 0.25) is 0 Å². The zero-order valence-corrected chi connectivity index (χ0v) is 31.5. The smallest absolute Gasteiger partial charge is 0.249 e. The molecule has 0 saturated heterocycles. The van der Waals surface area contributed by atoms with E-state index in [1.165, 1.54) is 43.1 Å². The van der Waals surface area contributed by atoms with Gasteiger partial charge in [0.15, 0.2) is 0 Å². The van der Waals surface area contributed by atoms with Crippen LogP contribution in [-0.4, -0.2) is 15.0 Å². The second kappa shape index (κ2) is 17.5. The van der Waals surface area contributed by atoms with Gasteiger partial charge in [-0.25, -0.2) is 22.9 Å². The van der Waals surface area contributed by atoms with Crippen LogP contribution in [0.3, 0.4) is 0 Å². The first-order valence-electron chi connectivity index (χ1n) is 16.9. The van der Waals surface area contributed by atoms with Gasteiger partial charge in [-0.1, -0.05) is 158 Å². The van der Waals surface area contributed by atoms with Crippen molar-refractivity contribution in [2.24, 2.45) is 0 Å². The number of hydrogen-bond donors (Lipinski definition) is 0. The third kappa shape index (κ3) is 8.12. The van der Waals surface area contributed by atoms with E-state index in [1.807, 2.05) is 30.3 Å². The molecule has 0 radical (unpaired) electrons. The van der Waals surface area contributed by atoms with Crippen molar-refractivity contribution in [3.63, 3.8) is 0 Å². The number of benzene rings is 5. The maximum atomic E-state index is 5.00. The van der Waals surface area contributed by atoms with E-state index in [4.69, 9.17) is 10.3 Å². The summed E-state index contributed by atoms with van der Waals surface area (Å²) in [7, 11) is -1.73. The first-order valence-corrected chi connectivity index (χ1v) is 19.6. The van der Waals surface area contributed by atoms with Crippen molar-refractivity contribution >= 4 is 47.8 Å². The SMILES string of the molecule is Cc1ccccc1-c1nnn([C@@H](C)c2cc[cH-]c2P(c2ccccc2)c2ccccc2)c1P(c1ccccc1)c1ccccc1.[Fe+2].c1cc[cH-]c1. The maximum Gasteiger partial charge on any atom is 2.00 e. The van der Waals surface area contributed by atoms with Crippen LogP contribution in [0.15, 0.2) is 194 Å². The van der Waals surface area contributed by atoms with Crippen molar-refractivity contribution in [3.05, 3.63) is 205 Å². The molecule has 0 aliphatic rings. The molecule has 0 spiro atoms. The zero-order valence-electron chi connectivity index (χ0n) is 28.6. The molecule has 7 aromatic carbocycles. The minimum atomic E-state index is -0.964. The Kier molecular flexibility index (Phi) is 12.4. The maximum absolute atomic E-state index is 5.00. The Morgan fingerprint density at radius 3 is 1.49 bits per heavy atom. The Morgan fingerprint density at radius 1 is 0.549 bits per heavy atom. The largest absolute Gasteiger partial charge is 2.00 e. The van der Waals surface area contributed by atoms with Gasteiger partial charge in [-0.3, -0.25) is 0 Å². The quantitative estimate of drug-likeness (QED) is 0.0845. The summed E-state index contributed by atoms with van der Waals surface area (Å²) in [4.78, 5) is 0. The number of nitrogens with zero attached hydrogens (tertiary/aromatic N) is 3.